The minimum Gasteiger partial charge on any atom is -0.352 e. The maximum Gasteiger partial charge on any atom is 0.225 e. The van der Waals surface area contributed by atoms with Crippen molar-refractivity contribution < 1.29 is 9.18 Å². The molecular formula is C24H24FN5OS. The molecule has 1 aliphatic rings. The van der Waals surface area contributed by atoms with Gasteiger partial charge in [-0.25, -0.2) is 13.9 Å². The number of hydrogen-bond acceptors (Lipinski definition) is 5. The predicted octanol–water partition coefficient (Wildman–Crippen LogP) is 4.44. The number of nitrogens with one attached hydrogen (secondary N) is 1. The average Bonchev–Trinajstić information content (AvgIpc) is 3.39. The number of fused-ring (bicyclic) bond motifs is 1. The van der Waals surface area contributed by atoms with Crippen molar-refractivity contribution in [2.75, 3.05) is 18.0 Å². The Morgan fingerprint density at radius 1 is 1.19 bits per heavy atom. The molecule has 4 aromatic rings. The lowest BCUT2D eigenvalue weighted by Gasteiger charge is -2.31. The molecule has 0 unspecified atom stereocenters. The molecule has 3 heterocycles. The van der Waals surface area contributed by atoms with Gasteiger partial charge in [-0.2, -0.15) is 0 Å². The number of amides is 1. The van der Waals surface area contributed by atoms with E-state index in [9.17, 15) is 9.18 Å². The van der Waals surface area contributed by atoms with Crippen LogP contribution in [0.4, 0.5) is 9.52 Å². The number of halogens is 1. The highest BCUT2D eigenvalue weighted by molar-refractivity contribution is 7.20. The maximum atomic E-state index is 13.2. The first-order valence-electron chi connectivity index (χ1n) is 10.8. The van der Waals surface area contributed by atoms with E-state index in [1.807, 2.05) is 18.3 Å². The Labute approximate surface area is 189 Å². The number of piperidine rings is 1. The average molecular weight is 450 g/mol. The Hall–Kier alpha value is -3.26. The van der Waals surface area contributed by atoms with Gasteiger partial charge < -0.3 is 10.2 Å². The number of benzene rings is 2. The van der Waals surface area contributed by atoms with E-state index in [4.69, 9.17) is 0 Å². The van der Waals surface area contributed by atoms with E-state index in [0.717, 1.165) is 46.3 Å². The van der Waals surface area contributed by atoms with Crippen molar-refractivity contribution in [2.45, 2.75) is 26.3 Å². The number of rotatable bonds is 5. The van der Waals surface area contributed by atoms with Crippen molar-refractivity contribution in [1.82, 2.24) is 19.9 Å². The number of carbonyl (C=O) groups excluding carboxylic acids is 1. The van der Waals surface area contributed by atoms with E-state index in [2.05, 4.69) is 39.4 Å². The fourth-order valence-corrected chi connectivity index (χ4v) is 4.90. The van der Waals surface area contributed by atoms with Gasteiger partial charge in [-0.3, -0.25) is 4.79 Å². The summed E-state index contributed by atoms with van der Waals surface area (Å²) >= 11 is 1.51. The van der Waals surface area contributed by atoms with Gasteiger partial charge in [-0.15, -0.1) is 5.10 Å². The lowest BCUT2D eigenvalue weighted by atomic mass is 9.97. The van der Waals surface area contributed by atoms with Gasteiger partial charge in [-0.05, 0) is 49.6 Å². The molecule has 164 valence electrons. The van der Waals surface area contributed by atoms with E-state index in [-0.39, 0.29) is 17.6 Å². The minimum absolute atomic E-state index is 0.0554. The summed E-state index contributed by atoms with van der Waals surface area (Å²) in [5.41, 5.74) is 3.94. The molecule has 2 aromatic heterocycles. The zero-order chi connectivity index (χ0) is 22.1. The smallest absolute Gasteiger partial charge is 0.225 e. The zero-order valence-electron chi connectivity index (χ0n) is 17.8. The van der Waals surface area contributed by atoms with E-state index < -0.39 is 0 Å². The van der Waals surface area contributed by atoms with Gasteiger partial charge in [0.15, 0.2) is 0 Å². The van der Waals surface area contributed by atoms with Crippen molar-refractivity contribution >= 4 is 27.3 Å². The topological polar surface area (TPSA) is 62.5 Å². The lowest BCUT2D eigenvalue weighted by molar-refractivity contribution is -0.125. The van der Waals surface area contributed by atoms with Crippen LogP contribution in [0.3, 0.4) is 0 Å². The highest BCUT2D eigenvalue weighted by Gasteiger charge is 2.27. The van der Waals surface area contributed by atoms with Crippen LogP contribution in [0.2, 0.25) is 0 Å². The molecule has 0 spiro atoms. The summed E-state index contributed by atoms with van der Waals surface area (Å²) in [5.74, 6) is -0.229. The van der Waals surface area contributed by atoms with E-state index in [0.29, 0.717) is 13.1 Å². The Kier molecular flexibility index (Phi) is 5.61. The number of aryl methyl sites for hydroxylation is 1. The first-order valence-corrected chi connectivity index (χ1v) is 11.6. The quantitative estimate of drug-likeness (QED) is 0.489. The molecule has 6 nitrogen and oxygen atoms in total. The second-order valence-corrected chi connectivity index (χ2v) is 9.17. The third-order valence-electron chi connectivity index (χ3n) is 5.82. The highest BCUT2D eigenvalue weighted by atomic mass is 32.1. The van der Waals surface area contributed by atoms with Crippen molar-refractivity contribution in [3.8, 4) is 11.3 Å². The molecule has 5 rings (SSSR count). The number of anilines is 1. The number of nitrogens with zero attached hydrogens (tertiary/aromatic N) is 4. The maximum absolute atomic E-state index is 13.2. The van der Waals surface area contributed by atoms with Crippen LogP contribution in [0.25, 0.3) is 16.2 Å². The summed E-state index contributed by atoms with van der Waals surface area (Å²) in [7, 11) is 0. The summed E-state index contributed by atoms with van der Waals surface area (Å²) in [6.07, 6.45) is 3.69. The summed E-state index contributed by atoms with van der Waals surface area (Å²) in [6, 6.07) is 14.5. The molecule has 1 saturated heterocycles. The molecule has 0 aliphatic carbocycles. The first-order chi connectivity index (χ1) is 15.5. The zero-order valence-corrected chi connectivity index (χ0v) is 18.6. The number of carbonyl (C=O) groups is 1. The normalized spacial score (nSPS) is 16.4. The molecule has 1 atom stereocenters. The molecule has 8 heteroatoms. The fraction of sp³-hybridized carbons (Fsp3) is 0.292. The van der Waals surface area contributed by atoms with Crippen molar-refractivity contribution in [1.29, 1.82) is 0 Å². The van der Waals surface area contributed by atoms with Crippen LogP contribution in [-0.4, -0.2) is 33.6 Å². The molecule has 0 bridgehead atoms. The molecule has 2 aromatic carbocycles. The monoisotopic (exact) mass is 449 g/mol. The lowest BCUT2D eigenvalue weighted by Crippen LogP contribution is -2.43. The van der Waals surface area contributed by atoms with Crippen LogP contribution in [-0.2, 0) is 11.3 Å². The second-order valence-electron chi connectivity index (χ2n) is 8.23. The Morgan fingerprint density at radius 2 is 1.97 bits per heavy atom. The van der Waals surface area contributed by atoms with Crippen molar-refractivity contribution in [2.24, 2.45) is 5.92 Å². The summed E-state index contributed by atoms with van der Waals surface area (Å²) in [5, 5.41) is 8.64. The Morgan fingerprint density at radius 3 is 2.72 bits per heavy atom. The fourth-order valence-electron chi connectivity index (χ4n) is 3.98. The SMILES string of the molecule is Cc1ccc(CNC(=O)[C@@H]2CCCN(c3nn4cc(-c5ccc(F)cc5)nc4s3)C2)cc1. The van der Waals surface area contributed by atoms with E-state index >= 15 is 0 Å². The molecular weight excluding hydrogens is 425 g/mol. The third-order valence-corrected chi connectivity index (χ3v) is 6.81. The van der Waals surface area contributed by atoms with Gasteiger partial charge in [0.1, 0.15) is 5.82 Å². The summed E-state index contributed by atoms with van der Waals surface area (Å²) in [6.45, 7) is 4.13. The Balaban J connectivity index is 1.24. The molecule has 0 radical (unpaired) electrons. The molecule has 0 saturated carbocycles. The predicted molar refractivity (Wildman–Crippen MR) is 124 cm³/mol. The standard InChI is InChI=1S/C24H24FN5OS/c1-16-4-6-17(7-5-16)13-26-22(31)19-3-2-12-29(14-19)24-28-30-15-21(27-23(30)32-24)18-8-10-20(25)11-9-18/h4-11,15,19H,2-3,12-14H2,1H3,(H,26,31)/t19-/m1/s1. The molecule has 32 heavy (non-hydrogen) atoms. The van der Waals surface area contributed by atoms with E-state index in [1.165, 1.54) is 29.0 Å². The Bertz CT molecular complexity index is 1200. The van der Waals surface area contributed by atoms with Crippen LogP contribution in [0, 0.1) is 18.7 Å². The van der Waals surface area contributed by atoms with Crippen molar-refractivity contribution in [3.05, 3.63) is 71.7 Å². The first kappa shape index (κ1) is 20.6. The van der Waals surface area contributed by atoms with Gasteiger partial charge >= 0.3 is 0 Å². The van der Waals surface area contributed by atoms with Crippen LogP contribution in [0.5, 0.6) is 0 Å². The molecule has 1 amide bonds. The van der Waals surface area contributed by atoms with Crippen LogP contribution < -0.4 is 10.2 Å². The minimum atomic E-state index is -0.266. The summed E-state index contributed by atoms with van der Waals surface area (Å²) < 4.78 is 14.9. The van der Waals surface area contributed by atoms with Crippen LogP contribution >= 0.6 is 11.3 Å². The second kappa shape index (κ2) is 8.70. The molecule has 1 aliphatic heterocycles. The largest absolute Gasteiger partial charge is 0.352 e. The van der Waals surface area contributed by atoms with Gasteiger partial charge in [-0.1, -0.05) is 41.2 Å². The third kappa shape index (κ3) is 4.36. The van der Waals surface area contributed by atoms with Crippen molar-refractivity contribution in [3.63, 3.8) is 0 Å². The number of imidazole rings is 1. The molecule has 1 fully saturated rings. The van der Waals surface area contributed by atoms with Crippen LogP contribution in [0.15, 0.2) is 54.7 Å². The van der Waals surface area contributed by atoms with Gasteiger partial charge in [0.25, 0.3) is 0 Å². The summed E-state index contributed by atoms with van der Waals surface area (Å²) in [4.78, 5) is 20.4. The van der Waals surface area contributed by atoms with Gasteiger partial charge in [0.05, 0.1) is 17.8 Å². The van der Waals surface area contributed by atoms with Crippen LogP contribution in [0.1, 0.15) is 24.0 Å². The molecule has 1 N–H and O–H groups in total. The number of hydrogen-bond donors (Lipinski definition) is 1. The number of aromatic nitrogens is 3. The van der Waals surface area contributed by atoms with E-state index in [1.54, 1.807) is 16.6 Å². The highest BCUT2D eigenvalue weighted by Crippen LogP contribution is 2.30. The van der Waals surface area contributed by atoms with Gasteiger partial charge in [0.2, 0.25) is 16.0 Å². The van der Waals surface area contributed by atoms with Gasteiger partial charge in [0, 0.05) is 25.2 Å².